The van der Waals surface area contributed by atoms with E-state index in [-0.39, 0.29) is 0 Å². The van der Waals surface area contributed by atoms with E-state index in [1.54, 1.807) is 12.1 Å². The van der Waals surface area contributed by atoms with Crippen molar-refractivity contribution in [1.29, 1.82) is 0 Å². The first-order valence-corrected chi connectivity index (χ1v) is 7.29. The molecule has 110 valence electrons. The Morgan fingerprint density at radius 2 is 2.10 bits per heavy atom. The summed E-state index contributed by atoms with van der Waals surface area (Å²) in [5, 5.41) is 0. The first kappa shape index (κ1) is 13.7. The van der Waals surface area contributed by atoms with Gasteiger partial charge in [-0.3, -0.25) is 4.79 Å². The summed E-state index contributed by atoms with van der Waals surface area (Å²) in [7, 11) is 0. The van der Waals surface area contributed by atoms with Crippen molar-refractivity contribution in [2.45, 2.75) is 39.2 Å². The number of nitrogens with two attached hydrogens (primary N) is 2. The van der Waals surface area contributed by atoms with Crippen molar-refractivity contribution in [3.05, 3.63) is 46.5 Å². The zero-order chi connectivity index (χ0) is 15.0. The molecular formula is C16H20N4O. The molecule has 2 aromatic rings. The van der Waals surface area contributed by atoms with Crippen LogP contribution in [0.2, 0.25) is 0 Å². The fraction of sp³-hybridized carbons (Fsp3) is 0.375. The third kappa shape index (κ3) is 2.51. The second-order valence-corrected chi connectivity index (χ2v) is 5.62. The van der Waals surface area contributed by atoms with Gasteiger partial charge in [-0.25, -0.2) is 4.98 Å². The SMILES string of the molecule is Cc1nc2c(n1Cc1ccc(C(N)=O)cc1N)CCCC2. The predicted molar refractivity (Wildman–Crippen MR) is 82.1 cm³/mol. The number of benzene rings is 1. The Morgan fingerprint density at radius 3 is 2.81 bits per heavy atom. The molecule has 0 saturated carbocycles. The van der Waals surface area contributed by atoms with Gasteiger partial charge in [-0.15, -0.1) is 0 Å². The number of hydrogen-bond acceptors (Lipinski definition) is 3. The Labute approximate surface area is 124 Å². The van der Waals surface area contributed by atoms with Crippen LogP contribution in [0.15, 0.2) is 18.2 Å². The zero-order valence-electron chi connectivity index (χ0n) is 12.2. The molecule has 0 saturated heterocycles. The van der Waals surface area contributed by atoms with Crippen molar-refractivity contribution in [2.24, 2.45) is 5.73 Å². The average molecular weight is 284 g/mol. The highest BCUT2D eigenvalue weighted by Crippen LogP contribution is 2.24. The number of imidazole rings is 1. The number of carbonyl (C=O) groups excluding carboxylic acids is 1. The van der Waals surface area contributed by atoms with Crippen molar-refractivity contribution in [2.75, 3.05) is 5.73 Å². The highest BCUT2D eigenvalue weighted by molar-refractivity contribution is 5.93. The lowest BCUT2D eigenvalue weighted by Gasteiger charge is -2.16. The third-order valence-electron chi connectivity index (χ3n) is 4.18. The highest BCUT2D eigenvalue weighted by Gasteiger charge is 2.18. The largest absolute Gasteiger partial charge is 0.398 e. The second kappa shape index (κ2) is 5.24. The van der Waals surface area contributed by atoms with Crippen LogP contribution >= 0.6 is 0 Å². The summed E-state index contributed by atoms with van der Waals surface area (Å²) in [4.78, 5) is 15.8. The van der Waals surface area contributed by atoms with E-state index in [4.69, 9.17) is 11.5 Å². The maximum Gasteiger partial charge on any atom is 0.248 e. The van der Waals surface area contributed by atoms with Gasteiger partial charge in [-0.2, -0.15) is 0 Å². The van der Waals surface area contributed by atoms with Crippen molar-refractivity contribution < 1.29 is 4.79 Å². The van der Waals surface area contributed by atoms with Crippen LogP contribution in [0.25, 0.3) is 0 Å². The Bertz CT molecular complexity index is 703. The monoisotopic (exact) mass is 284 g/mol. The highest BCUT2D eigenvalue weighted by atomic mass is 16.1. The molecule has 5 nitrogen and oxygen atoms in total. The lowest BCUT2D eigenvalue weighted by molar-refractivity contribution is 0.100. The molecule has 5 heteroatoms. The van der Waals surface area contributed by atoms with Gasteiger partial charge in [0.25, 0.3) is 0 Å². The number of nitrogens with zero attached hydrogens (tertiary/aromatic N) is 2. The van der Waals surface area contributed by atoms with Crippen molar-refractivity contribution in [3.8, 4) is 0 Å². The summed E-state index contributed by atoms with van der Waals surface area (Å²) in [5.41, 5.74) is 15.9. The molecule has 3 rings (SSSR count). The van der Waals surface area contributed by atoms with Gasteiger partial charge in [0.1, 0.15) is 5.82 Å². The molecule has 21 heavy (non-hydrogen) atoms. The maximum absolute atomic E-state index is 11.2. The molecule has 1 aliphatic rings. The minimum absolute atomic E-state index is 0.445. The Balaban J connectivity index is 1.94. The number of aromatic nitrogens is 2. The Kier molecular flexibility index (Phi) is 3.41. The number of carbonyl (C=O) groups is 1. The van der Waals surface area contributed by atoms with Crippen LogP contribution < -0.4 is 11.5 Å². The van der Waals surface area contributed by atoms with Crippen molar-refractivity contribution in [3.63, 3.8) is 0 Å². The number of anilines is 1. The lowest BCUT2D eigenvalue weighted by atomic mass is 10.0. The van der Waals surface area contributed by atoms with Gasteiger partial charge in [0.2, 0.25) is 5.91 Å². The fourth-order valence-corrected chi connectivity index (χ4v) is 3.01. The van der Waals surface area contributed by atoms with Crippen LogP contribution in [0.3, 0.4) is 0 Å². The second-order valence-electron chi connectivity index (χ2n) is 5.62. The average Bonchev–Trinajstić information content (AvgIpc) is 2.77. The first-order valence-electron chi connectivity index (χ1n) is 7.29. The van der Waals surface area contributed by atoms with E-state index in [1.165, 1.54) is 24.2 Å². The minimum atomic E-state index is -0.454. The number of aryl methyl sites for hydroxylation is 2. The van der Waals surface area contributed by atoms with Crippen molar-refractivity contribution >= 4 is 11.6 Å². The summed E-state index contributed by atoms with van der Waals surface area (Å²) in [6.07, 6.45) is 4.59. The molecule has 0 aliphatic heterocycles. The van der Waals surface area contributed by atoms with E-state index in [1.807, 2.05) is 13.0 Å². The number of nitrogen functional groups attached to an aromatic ring is 1. The third-order valence-corrected chi connectivity index (χ3v) is 4.18. The van der Waals surface area contributed by atoms with Crippen LogP contribution in [-0.2, 0) is 19.4 Å². The fourth-order valence-electron chi connectivity index (χ4n) is 3.01. The topological polar surface area (TPSA) is 86.9 Å². The Morgan fingerprint density at radius 1 is 1.33 bits per heavy atom. The van der Waals surface area contributed by atoms with Crippen LogP contribution in [0, 0.1) is 6.92 Å². The molecule has 1 aromatic heterocycles. The maximum atomic E-state index is 11.2. The van der Waals surface area contributed by atoms with E-state index in [9.17, 15) is 4.79 Å². The molecule has 1 aromatic carbocycles. The minimum Gasteiger partial charge on any atom is -0.398 e. The van der Waals surface area contributed by atoms with Crippen LogP contribution in [0.4, 0.5) is 5.69 Å². The van der Waals surface area contributed by atoms with Gasteiger partial charge >= 0.3 is 0 Å². The lowest BCUT2D eigenvalue weighted by Crippen LogP contribution is -2.14. The van der Waals surface area contributed by atoms with E-state index in [0.717, 1.165) is 24.2 Å². The smallest absolute Gasteiger partial charge is 0.248 e. The number of rotatable bonds is 3. The molecule has 1 heterocycles. The summed E-state index contributed by atoms with van der Waals surface area (Å²) < 4.78 is 2.24. The molecular weight excluding hydrogens is 264 g/mol. The normalized spacial score (nSPS) is 14.0. The van der Waals surface area contributed by atoms with E-state index in [2.05, 4.69) is 9.55 Å². The molecule has 0 radical (unpaired) electrons. The number of hydrogen-bond donors (Lipinski definition) is 2. The van der Waals surface area contributed by atoms with Gasteiger partial charge in [-0.1, -0.05) is 6.07 Å². The summed E-state index contributed by atoms with van der Waals surface area (Å²) in [6, 6.07) is 5.26. The molecule has 0 fully saturated rings. The molecule has 0 unspecified atom stereocenters. The predicted octanol–water partition coefficient (Wildman–Crippen LogP) is 1.80. The molecule has 0 spiro atoms. The van der Waals surface area contributed by atoms with Crippen LogP contribution in [-0.4, -0.2) is 15.5 Å². The quantitative estimate of drug-likeness (QED) is 0.842. The van der Waals surface area contributed by atoms with Gasteiger partial charge < -0.3 is 16.0 Å². The van der Waals surface area contributed by atoms with E-state index >= 15 is 0 Å². The molecule has 4 N–H and O–H groups in total. The molecule has 0 bridgehead atoms. The van der Waals surface area contributed by atoms with Gasteiger partial charge in [0, 0.05) is 16.9 Å². The number of primary amides is 1. The summed E-state index contributed by atoms with van der Waals surface area (Å²) in [6.45, 7) is 2.73. The van der Waals surface area contributed by atoms with Gasteiger partial charge in [0.15, 0.2) is 0 Å². The van der Waals surface area contributed by atoms with Crippen LogP contribution in [0.1, 0.15) is 46.0 Å². The molecule has 0 atom stereocenters. The molecule has 1 amide bonds. The zero-order valence-corrected chi connectivity index (χ0v) is 12.2. The number of fused-ring (bicyclic) bond motifs is 1. The first-order chi connectivity index (χ1) is 10.1. The van der Waals surface area contributed by atoms with Crippen molar-refractivity contribution in [1.82, 2.24) is 9.55 Å². The Hall–Kier alpha value is -2.30. The van der Waals surface area contributed by atoms with Gasteiger partial charge in [0.05, 0.1) is 12.2 Å². The summed E-state index contributed by atoms with van der Waals surface area (Å²) in [5.74, 6) is 0.574. The standard InChI is InChI=1S/C16H20N4O/c1-10-19-14-4-2-3-5-15(14)20(10)9-12-7-6-11(16(18)21)8-13(12)17/h6-8H,2-5,9,17H2,1H3,(H2,18,21). The number of amides is 1. The van der Waals surface area contributed by atoms with E-state index < -0.39 is 5.91 Å². The van der Waals surface area contributed by atoms with Gasteiger partial charge in [-0.05, 0) is 50.3 Å². The summed E-state index contributed by atoms with van der Waals surface area (Å²) >= 11 is 0. The molecule has 1 aliphatic carbocycles. The van der Waals surface area contributed by atoms with E-state index in [0.29, 0.717) is 17.8 Å². The van der Waals surface area contributed by atoms with Crippen LogP contribution in [0.5, 0.6) is 0 Å².